The normalized spacial score (nSPS) is 12.9. The number of nitrogens with two attached hydrogens (primary N) is 2. The Balaban J connectivity index is 2.34. The highest BCUT2D eigenvalue weighted by molar-refractivity contribution is 7.89. The van der Waals surface area contributed by atoms with Crippen LogP contribution < -0.4 is 16.2 Å². The van der Waals surface area contributed by atoms with Crippen molar-refractivity contribution in [1.82, 2.24) is 0 Å². The van der Waals surface area contributed by atoms with Crippen molar-refractivity contribution >= 4 is 21.4 Å². The van der Waals surface area contributed by atoms with E-state index in [1.165, 1.54) is 6.07 Å². The number of para-hydroxylation sites is 2. The van der Waals surface area contributed by atoms with Crippen molar-refractivity contribution in [3.63, 3.8) is 0 Å². The Morgan fingerprint density at radius 2 is 1.65 bits per heavy atom. The van der Waals surface area contributed by atoms with Gasteiger partial charge in [0.1, 0.15) is 4.90 Å². The molecule has 1 atom stereocenters. The van der Waals surface area contributed by atoms with Gasteiger partial charge in [-0.3, -0.25) is 0 Å². The molecule has 2 rings (SSSR count). The number of rotatable bonds is 4. The van der Waals surface area contributed by atoms with Crippen molar-refractivity contribution in [3.8, 4) is 0 Å². The number of nitrogen functional groups attached to an aromatic ring is 1. The topological polar surface area (TPSA) is 98.2 Å². The zero-order valence-corrected chi connectivity index (χ0v) is 11.9. The molecule has 2 aromatic carbocycles. The highest BCUT2D eigenvalue weighted by Crippen LogP contribution is 2.27. The summed E-state index contributed by atoms with van der Waals surface area (Å²) in [6.07, 6.45) is 0. The molecule has 0 fully saturated rings. The molecular formula is C14H17N3O2S. The summed E-state index contributed by atoms with van der Waals surface area (Å²) in [6, 6.07) is 13.8. The van der Waals surface area contributed by atoms with Crippen LogP contribution in [0.4, 0.5) is 11.4 Å². The average Bonchev–Trinajstić information content (AvgIpc) is 2.38. The summed E-state index contributed by atoms with van der Waals surface area (Å²) >= 11 is 0. The van der Waals surface area contributed by atoms with Crippen molar-refractivity contribution in [3.05, 3.63) is 54.1 Å². The van der Waals surface area contributed by atoms with E-state index in [0.29, 0.717) is 11.4 Å². The molecule has 20 heavy (non-hydrogen) atoms. The zero-order valence-electron chi connectivity index (χ0n) is 11.1. The SMILES string of the molecule is CC(Nc1ccccc1S(N)(=O)=O)c1ccccc1N. The lowest BCUT2D eigenvalue weighted by Gasteiger charge is -2.19. The molecule has 0 aliphatic heterocycles. The molecule has 0 saturated carbocycles. The molecule has 0 spiro atoms. The second-order valence-electron chi connectivity index (χ2n) is 4.54. The van der Waals surface area contributed by atoms with Crippen molar-refractivity contribution in [2.24, 2.45) is 5.14 Å². The third-order valence-corrected chi connectivity index (χ3v) is 4.00. The van der Waals surface area contributed by atoms with Crippen LogP contribution in [0.1, 0.15) is 18.5 Å². The van der Waals surface area contributed by atoms with Gasteiger partial charge in [-0.05, 0) is 30.7 Å². The molecule has 5 nitrogen and oxygen atoms in total. The first-order chi connectivity index (χ1) is 9.39. The number of nitrogens with one attached hydrogen (secondary N) is 1. The van der Waals surface area contributed by atoms with Gasteiger partial charge in [0.25, 0.3) is 0 Å². The smallest absolute Gasteiger partial charge is 0.240 e. The molecule has 5 N–H and O–H groups in total. The van der Waals surface area contributed by atoms with Gasteiger partial charge < -0.3 is 11.1 Å². The summed E-state index contributed by atoms with van der Waals surface area (Å²) in [6.45, 7) is 1.91. The first kappa shape index (κ1) is 14.4. The van der Waals surface area contributed by atoms with E-state index in [2.05, 4.69) is 5.32 Å². The minimum Gasteiger partial charge on any atom is -0.398 e. The number of primary sulfonamides is 1. The molecule has 0 bridgehead atoms. The predicted molar refractivity (Wildman–Crippen MR) is 80.7 cm³/mol. The first-order valence-electron chi connectivity index (χ1n) is 6.12. The van der Waals surface area contributed by atoms with Gasteiger partial charge in [0.2, 0.25) is 10.0 Å². The van der Waals surface area contributed by atoms with E-state index in [4.69, 9.17) is 10.9 Å². The Kier molecular flexibility index (Phi) is 3.96. The van der Waals surface area contributed by atoms with E-state index in [1.54, 1.807) is 24.3 Å². The van der Waals surface area contributed by atoms with Gasteiger partial charge in [0.15, 0.2) is 0 Å². The largest absolute Gasteiger partial charge is 0.398 e. The molecule has 0 aliphatic rings. The molecule has 1 unspecified atom stereocenters. The van der Waals surface area contributed by atoms with Crippen LogP contribution in [-0.2, 0) is 10.0 Å². The standard InChI is InChI=1S/C14H17N3O2S/c1-10(11-6-2-3-7-12(11)15)17-13-8-4-5-9-14(13)20(16,18)19/h2-10,17H,15H2,1H3,(H2,16,18,19). The van der Waals surface area contributed by atoms with Crippen molar-refractivity contribution in [1.29, 1.82) is 0 Å². The van der Waals surface area contributed by atoms with E-state index >= 15 is 0 Å². The summed E-state index contributed by atoms with van der Waals surface area (Å²) in [5.74, 6) is 0. The lowest BCUT2D eigenvalue weighted by atomic mass is 10.1. The maximum atomic E-state index is 11.6. The second-order valence-corrected chi connectivity index (χ2v) is 6.07. The van der Waals surface area contributed by atoms with Gasteiger partial charge in [-0.1, -0.05) is 30.3 Å². The van der Waals surface area contributed by atoms with Crippen LogP contribution in [-0.4, -0.2) is 8.42 Å². The van der Waals surface area contributed by atoms with Crippen LogP contribution in [0.3, 0.4) is 0 Å². The van der Waals surface area contributed by atoms with E-state index in [0.717, 1.165) is 5.56 Å². The van der Waals surface area contributed by atoms with Gasteiger partial charge in [0, 0.05) is 5.69 Å². The van der Waals surface area contributed by atoms with Crippen LogP contribution >= 0.6 is 0 Å². The number of hydrogen-bond donors (Lipinski definition) is 3. The molecule has 0 aromatic heterocycles. The van der Waals surface area contributed by atoms with Gasteiger partial charge in [-0.25, -0.2) is 13.6 Å². The lowest BCUT2D eigenvalue weighted by Crippen LogP contribution is -2.16. The molecule has 0 amide bonds. The van der Waals surface area contributed by atoms with Gasteiger partial charge >= 0.3 is 0 Å². The summed E-state index contributed by atoms with van der Waals surface area (Å²) in [7, 11) is -3.77. The summed E-state index contributed by atoms with van der Waals surface area (Å²) in [5.41, 5.74) is 7.93. The molecule has 6 heteroatoms. The average molecular weight is 291 g/mol. The van der Waals surface area contributed by atoms with E-state index in [-0.39, 0.29) is 10.9 Å². The molecule has 0 radical (unpaired) electrons. The molecule has 2 aromatic rings. The first-order valence-corrected chi connectivity index (χ1v) is 7.67. The zero-order chi connectivity index (χ0) is 14.8. The Morgan fingerprint density at radius 1 is 1.05 bits per heavy atom. The van der Waals surface area contributed by atoms with Crippen molar-refractivity contribution in [2.45, 2.75) is 17.9 Å². The fraction of sp³-hybridized carbons (Fsp3) is 0.143. The highest BCUT2D eigenvalue weighted by atomic mass is 32.2. The fourth-order valence-corrected chi connectivity index (χ4v) is 2.75. The maximum Gasteiger partial charge on any atom is 0.240 e. The molecule has 0 heterocycles. The van der Waals surface area contributed by atoms with E-state index in [1.807, 2.05) is 25.1 Å². The molecule has 0 aliphatic carbocycles. The van der Waals surface area contributed by atoms with Crippen molar-refractivity contribution in [2.75, 3.05) is 11.1 Å². The van der Waals surface area contributed by atoms with Crippen LogP contribution in [0.25, 0.3) is 0 Å². The third kappa shape index (κ3) is 3.09. The Morgan fingerprint density at radius 3 is 2.30 bits per heavy atom. The lowest BCUT2D eigenvalue weighted by molar-refractivity contribution is 0.598. The highest BCUT2D eigenvalue weighted by Gasteiger charge is 2.16. The monoisotopic (exact) mass is 291 g/mol. The summed E-state index contributed by atoms with van der Waals surface area (Å²) in [5, 5.41) is 8.34. The fourth-order valence-electron chi connectivity index (χ4n) is 2.05. The second kappa shape index (κ2) is 5.52. The maximum absolute atomic E-state index is 11.6. The number of anilines is 2. The summed E-state index contributed by atoms with van der Waals surface area (Å²) in [4.78, 5) is 0.0707. The van der Waals surface area contributed by atoms with Crippen LogP contribution in [0.5, 0.6) is 0 Å². The minimum atomic E-state index is -3.77. The van der Waals surface area contributed by atoms with E-state index < -0.39 is 10.0 Å². The predicted octanol–water partition coefficient (Wildman–Crippen LogP) is 2.09. The van der Waals surface area contributed by atoms with Crippen LogP contribution in [0.2, 0.25) is 0 Å². The molecule has 106 valence electrons. The van der Waals surface area contributed by atoms with Gasteiger partial charge in [-0.2, -0.15) is 0 Å². The van der Waals surface area contributed by atoms with Gasteiger partial charge in [-0.15, -0.1) is 0 Å². The minimum absolute atomic E-state index is 0.0707. The number of sulfonamides is 1. The Labute approximate surface area is 118 Å². The molecular weight excluding hydrogens is 274 g/mol. The molecule has 0 saturated heterocycles. The van der Waals surface area contributed by atoms with Crippen LogP contribution in [0.15, 0.2) is 53.4 Å². The Bertz CT molecular complexity index is 714. The quantitative estimate of drug-likeness (QED) is 0.751. The summed E-state index contributed by atoms with van der Waals surface area (Å²) < 4.78 is 23.1. The Hall–Kier alpha value is -2.05. The van der Waals surface area contributed by atoms with Crippen LogP contribution in [0, 0.1) is 0 Å². The third-order valence-electron chi connectivity index (χ3n) is 3.03. The van der Waals surface area contributed by atoms with Crippen molar-refractivity contribution < 1.29 is 8.42 Å². The number of hydrogen-bond acceptors (Lipinski definition) is 4. The number of benzene rings is 2. The van der Waals surface area contributed by atoms with Gasteiger partial charge in [0.05, 0.1) is 11.7 Å². The van der Waals surface area contributed by atoms with E-state index in [9.17, 15) is 8.42 Å².